The Bertz CT molecular complexity index is 1410. The quantitative estimate of drug-likeness (QED) is 0.314. The molecule has 0 spiro atoms. The zero-order valence-corrected chi connectivity index (χ0v) is 25.7. The number of aliphatic carboxylic acids is 2. The standard InChI is InChI=1S/C28H35N9O6.Lu/c38-20-43-24-12-22-16-34-6-10-35(18-27(39)40)8-4-33(5-9-36(11-7-34)19-28(41)42)15-21-2-1-3-25(31-21)26-14-29-32-37(26)17-23(13-24)30-22;/h1-3,12-14,20H,4-11,15-19H2,(H,39,40)(H,41,42);. The van der Waals surface area contributed by atoms with Crippen molar-refractivity contribution in [2.24, 2.45) is 0 Å². The summed E-state index contributed by atoms with van der Waals surface area (Å²) < 4.78 is 6.92. The van der Waals surface area contributed by atoms with Gasteiger partial charge in [-0.15, -0.1) is 5.10 Å². The van der Waals surface area contributed by atoms with Gasteiger partial charge in [0.15, 0.2) is 0 Å². The second-order valence-corrected chi connectivity index (χ2v) is 10.7. The molecule has 15 nitrogen and oxygen atoms in total. The Morgan fingerprint density at radius 2 is 1.36 bits per heavy atom. The summed E-state index contributed by atoms with van der Waals surface area (Å²) in [4.78, 5) is 52.6. The van der Waals surface area contributed by atoms with E-state index in [0.29, 0.717) is 100 Å². The summed E-state index contributed by atoms with van der Waals surface area (Å²) in [5, 5.41) is 27.6. The molecule has 3 aliphatic heterocycles. The van der Waals surface area contributed by atoms with Crippen LogP contribution < -0.4 is 4.74 Å². The van der Waals surface area contributed by atoms with Crippen LogP contribution in [0.1, 0.15) is 17.1 Å². The number of rotatable bonds is 6. The Hall–Kier alpha value is -3.08. The predicted molar refractivity (Wildman–Crippen MR) is 152 cm³/mol. The first-order valence-corrected chi connectivity index (χ1v) is 14.1. The summed E-state index contributed by atoms with van der Waals surface area (Å²) in [6.07, 6.45) is 1.64. The van der Waals surface area contributed by atoms with E-state index in [-0.39, 0.29) is 56.5 Å². The molecule has 1 radical (unpaired) electrons. The third-order valence-electron chi connectivity index (χ3n) is 7.51. The van der Waals surface area contributed by atoms with Crippen molar-refractivity contribution in [3.8, 4) is 17.1 Å². The van der Waals surface area contributed by atoms with E-state index in [4.69, 9.17) is 14.7 Å². The molecule has 0 aromatic carbocycles. The van der Waals surface area contributed by atoms with Crippen LogP contribution >= 0.6 is 0 Å². The summed E-state index contributed by atoms with van der Waals surface area (Å²) in [5.41, 5.74) is 3.43. The second-order valence-electron chi connectivity index (χ2n) is 10.7. The largest absolute Gasteiger partial charge is 0.480 e. The van der Waals surface area contributed by atoms with Crippen molar-refractivity contribution in [2.45, 2.75) is 19.6 Å². The van der Waals surface area contributed by atoms with Crippen LogP contribution in [0.2, 0.25) is 0 Å². The number of carbonyl (C=O) groups excluding carboxylic acids is 1. The first kappa shape index (κ1) is 33.8. The third kappa shape index (κ3) is 9.71. The van der Waals surface area contributed by atoms with E-state index in [1.165, 1.54) is 0 Å². The molecule has 0 unspecified atom stereocenters. The fourth-order valence-electron chi connectivity index (χ4n) is 5.39. The number of hydrogen-bond donors (Lipinski definition) is 2. The molecule has 0 aliphatic carbocycles. The molecule has 1 saturated heterocycles. The number of hydrogen-bond acceptors (Lipinski definition) is 12. The molecule has 6 bridgehead atoms. The van der Waals surface area contributed by atoms with Crippen molar-refractivity contribution in [3.05, 3.63) is 53.6 Å². The molecule has 3 aromatic heterocycles. The molecule has 44 heavy (non-hydrogen) atoms. The van der Waals surface area contributed by atoms with E-state index >= 15 is 0 Å². The first-order chi connectivity index (χ1) is 20.8. The van der Waals surface area contributed by atoms with Crippen molar-refractivity contribution >= 4 is 18.4 Å². The van der Waals surface area contributed by atoms with Gasteiger partial charge in [0, 0.05) is 114 Å². The number of pyridine rings is 2. The van der Waals surface area contributed by atoms with Gasteiger partial charge in [-0.05, 0) is 12.1 Å². The summed E-state index contributed by atoms with van der Waals surface area (Å²) in [7, 11) is 0. The maximum Gasteiger partial charge on any atom is 0.317 e. The van der Waals surface area contributed by atoms with Gasteiger partial charge in [-0.2, -0.15) is 0 Å². The molecule has 16 heteroatoms. The second kappa shape index (κ2) is 16.3. The zero-order valence-electron chi connectivity index (χ0n) is 24.0. The fraction of sp³-hybridized carbons (Fsp3) is 0.464. The summed E-state index contributed by atoms with van der Waals surface area (Å²) in [6, 6.07) is 9.10. The summed E-state index contributed by atoms with van der Waals surface area (Å²) >= 11 is 0. The van der Waals surface area contributed by atoms with Crippen LogP contribution in [0.4, 0.5) is 0 Å². The van der Waals surface area contributed by atoms with Gasteiger partial charge in [0.05, 0.1) is 48.6 Å². The van der Waals surface area contributed by atoms with Crippen LogP contribution in [0.25, 0.3) is 11.4 Å². The molecule has 243 valence electrons. The van der Waals surface area contributed by atoms with E-state index in [1.807, 2.05) is 28.0 Å². The summed E-state index contributed by atoms with van der Waals surface area (Å²) in [5.74, 6) is -1.46. The van der Waals surface area contributed by atoms with Gasteiger partial charge in [0.25, 0.3) is 6.47 Å². The van der Waals surface area contributed by atoms with Gasteiger partial charge in [-0.3, -0.25) is 39.0 Å². The Morgan fingerprint density at radius 3 is 1.93 bits per heavy atom. The first-order valence-electron chi connectivity index (χ1n) is 14.1. The zero-order chi connectivity index (χ0) is 30.2. The Morgan fingerprint density at radius 1 is 0.795 bits per heavy atom. The average molecular weight is 769 g/mol. The number of fused-ring (bicyclic) bond motifs is 8. The van der Waals surface area contributed by atoms with Crippen LogP contribution in [0.15, 0.2) is 36.5 Å². The van der Waals surface area contributed by atoms with E-state index < -0.39 is 11.9 Å². The topological polar surface area (TPSA) is 170 Å². The van der Waals surface area contributed by atoms with Crippen molar-refractivity contribution < 1.29 is 66.2 Å². The normalized spacial score (nSPS) is 20.0. The molecule has 0 amide bonds. The smallest absolute Gasteiger partial charge is 0.317 e. The molecule has 6 heterocycles. The number of carbonyl (C=O) groups is 3. The van der Waals surface area contributed by atoms with Gasteiger partial charge in [0.1, 0.15) is 11.4 Å². The maximum absolute atomic E-state index is 11.7. The molecule has 3 aromatic rings. The monoisotopic (exact) mass is 768 g/mol. The van der Waals surface area contributed by atoms with E-state index in [0.717, 1.165) is 5.69 Å². The average Bonchev–Trinajstić information content (AvgIpc) is 3.41. The number of carboxylic acid groups (broad SMARTS) is 2. The SMILES string of the molecule is O=COc1cc2nc(c1)Cn1nncc1-c1cccc(n1)CN1CCN(CC(=O)O)CCN(CCN(CC(=O)O)CC1)C2.[Lu]. The van der Waals surface area contributed by atoms with Gasteiger partial charge in [0.2, 0.25) is 0 Å². The molecule has 1 fully saturated rings. The molecular formula is C28H35LuN9O6. The van der Waals surface area contributed by atoms with Gasteiger partial charge in [-0.25, -0.2) is 9.67 Å². The van der Waals surface area contributed by atoms with Gasteiger partial charge >= 0.3 is 11.9 Å². The number of carboxylic acids is 2. The van der Waals surface area contributed by atoms with E-state index in [1.54, 1.807) is 23.0 Å². The number of nitrogens with zero attached hydrogens (tertiary/aromatic N) is 9. The van der Waals surface area contributed by atoms with Crippen LogP contribution in [0.5, 0.6) is 5.75 Å². The van der Waals surface area contributed by atoms with Crippen LogP contribution in [0, 0.1) is 36.9 Å². The minimum absolute atomic E-state index is 0. The van der Waals surface area contributed by atoms with Crippen molar-refractivity contribution in [2.75, 3.05) is 65.4 Å². The van der Waals surface area contributed by atoms with Gasteiger partial charge < -0.3 is 14.9 Å². The minimum Gasteiger partial charge on any atom is -0.480 e. The predicted octanol–water partition coefficient (Wildman–Crippen LogP) is -0.277. The molecule has 2 N–H and O–H groups in total. The maximum atomic E-state index is 11.7. The Labute approximate surface area is 283 Å². The third-order valence-corrected chi connectivity index (χ3v) is 7.51. The molecule has 6 rings (SSSR count). The fourth-order valence-corrected chi connectivity index (χ4v) is 5.39. The number of aromatic nitrogens is 5. The van der Waals surface area contributed by atoms with Crippen LogP contribution in [0.3, 0.4) is 0 Å². The van der Waals surface area contributed by atoms with Crippen LogP contribution in [-0.2, 0) is 34.0 Å². The van der Waals surface area contributed by atoms with Crippen molar-refractivity contribution in [1.82, 2.24) is 44.6 Å². The minimum atomic E-state index is -0.899. The summed E-state index contributed by atoms with van der Waals surface area (Å²) in [6.45, 7) is 5.54. The molecule has 0 atom stereocenters. The molecule has 3 aliphatic rings. The van der Waals surface area contributed by atoms with Gasteiger partial charge in [-0.1, -0.05) is 11.3 Å². The Balaban J connectivity index is 0.00000442. The van der Waals surface area contributed by atoms with Crippen LogP contribution in [-0.4, -0.2) is 139 Å². The Kier molecular flexibility index (Phi) is 12.5. The van der Waals surface area contributed by atoms with E-state index in [2.05, 4.69) is 20.1 Å². The number of ether oxygens (including phenoxy) is 1. The van der Waals surface area contributed by atoms with Crippen molar-refractivity contribution in [1.29, 1.82) is 0 Å². The molecule has 0 saturated carbocycles. The van der Waals surface area contributed by atoms with E-state index in [9.17, 15) is 24.6 Å². The molecular weight excluding hydrogens is 733 g/mol. The van der Waals surface area contributed by atoms with Crippen molar-refractivity contribution in [3.63, 3.8) is 0 Å².